The second-order valence-electron chi connectivity index (χ2n) is 6.82. The fraction of sp³-hybridized carbons (Fsp3) is 0.0833. The summed E-state index contributed by atoms with van der Waals surface area (Å²) in [5.74, 6) is 1.51. The van der Waals surface area contributed by atoms with Crippen LogP contribution in [0.15, 0.2) is 89.9 Å². The number of hydrogen-bond acceptors (Lipinski definition) is 5. The Morgan fingerprint density at radius 1 is 0.935 bits per heavy atom. The Bertz CT molecular complexity index is 1240. The van der Waals surface area contributed by atoms with E-state index in [0.29, 0.717) is 28.6 Å². The zero-order chi connectivity index (χ0) is 21.6. The largest absolute Gasteiger partial charge is 0.457 e. The number of nitrogens with zero attached hydrogens (tertiary/aromatic N) is 3. The van der Waals surface area contributed by atoms with Gasteiger partial charge in [-0.25, -0.2) is 4.98 Å². The van der Waals surface area contributed by atoms with Crippen molar-refractivity contribution in [3.05, 3.63) is 101 Å². The summed E-state index contributed by atoms with van der Waals surface area (Å²) in [7, 11) is 0. The number of ether oxygens (including phenoxy) is 1. The molecule has 154 valence electrons. The van der Waals surface area contributed by atoms with Gasteiger partial charge in [-0.1, -0.05) is 24.3 Å². The summed E-state index contributed by atoms with van der Waals surface area (Å²) in [4.78, 5) is 33.6. The lowest BCUT2D eigenvalue weighted by Crippen LogP contribution is -2.29. The van der Waals surface area contributed by atoms with Gasteiger partial charge >= 0.3 is 0 Å². The normalized spacial score (nSPS) is 10.5. The Morgan fingerprint density at radius 2 is 1.65 bits per heavy atom. The molecular formula is C24H20N4O3. The maximum atomic E-state index is 12.5. The van der Waals surface area contributed by atoms with Gasteiger partial charge in [0, 0.05) is 18.0 Å². The first kappa shape index (κ1) is 20.0. The SMILES string of the molecule is Cc1nc(-c2ccccn2)cc(=O)n1CC(=O)Nc1ccc(Oc2ccccc2)cc1. The molecule has 0 bridgehead atoms. The van der Waals surface area contributed by atoms with Crippen molar-refractivity contribution in [2.45, 2.75) is 13.5 Å². The number of pyridine rings is 1. The Balaban J connectivity index is 1.42. The van der Waals surface area contributed by atoms with Crippen molar-refractivity contribution in [3.63, 3.8) is 0 Å². The number of benzene rings is 2. The minimum Gasteiger partial charge on any atom is -0.457 e. The summed E-state index contributed by atoms with van der Waals surface area (Å²) < 4.78 is 7.07. The molecule has 0 saturated carbocycles. The number of aryl methyl sites for hydroxylation is 1. The number of carbonyl (C=O) groups is 1. The monoisotopic (exact) mass is 412 g/mol. The van der Waals surface area contributed by atoms with E-state index in [9.17, 15) is 9.59 Å². The molecule has 0 fully saturated rings. The Labute approximate surface area is 179 Å². The molecule has 31 heavy (non-hydrogen) atoms. The van der Waals surface area contributed by atoms with E-state index in [1.807, 2.05) is 36.4 Å². The maximum Gasteiger partial charge on any atom is 0.254 e. The molecule has 1 amide bonds. The predicted octanol–water partition coefficient (Wildman–Crippen LogP) is 4.04. The molecule has 0 aliphatic rings. The third-order valence-corrected chi connectivity index (χ3v) is 4.55. The molecule has 4 aromatic rings. The topological polar surface area (TPSA) is 86.1 Å². The minimum atomic E-state index is -0.325. The van der Waals surface area contributed by atoms with Crippen molar-refractivity contribution in [1.29, 1.82) is 0 Å². The first-order chi connectivity index (χ1) is 15.1. The Morgan fingerprint density at radius 3 is 2.32 bits per heavy atom. The van der Waals surface area contributed by atoms with E-state index in [-0.39, 0.29) is 18.0 Å². The van der Waals surface area contributed by atoms with E-state index < -0.39 is 0 Å². The first-order valence-corrected chi connectivity index (χ1v) is 9.71. The second kappa shape index (κ2) is 9.04. The Kier molecular flexibility index (Phi) is 5.84. The molecule has 7 heteroatoms. The molecule has 4 rings (SSSR count). The van der Waals surface area contributed by atoms with Crippen molar-refractivity contribution in [3.8, 4) is 22.9 Å². The molecule has 0 saturated heterocycles. The van der Waals surface area contributed by atoms with Crippen molar-refractivity contribution in [2.24, 2.45) is 0 Å². The quantitative estimate of drug-likeness (QED) is 0.516. The van der Waals surface area contributed by atoms with Crippen molar-refractivity contribution >= 4 is 11.6 Å². The van der Waals surface area contributed by atoms with Crippen LogP contribution in [0, 0.1) is 6.92 Å². The van der Waals surface area contributed by atoms with E-state index in [0.717, 1.165) is 5.75 Å². The molecule has 0 aliphatic carbocycles. The molecule has 2 aromatic heterocycles. The van der Waals surface area contributed by atoms with Gasteiger partial charge in [0.25, 0.3) is 5.56 Å². The van der Waals surface area contributed by atoms with E-state index in [2.05, 4.69) is 15.3 Å². The van der Waals surface area contributed by atoms with Gasteiger partial charge in [0.05, 0.1) is 11.4 Å². The summed E-state index contributed by atoms with van der Waals surface area (Å²) >= 11 is 0. The van der Waals surface area contributed by atoms with Crippen LogP contribution in [-0.4, -0.2) is 20.4 Å². The molecule has 0 atom stereocenters. The van der Waals surface area contributed by atoms with E-state index in [1.165, 1.54) is 10.6 Å². The smallest absolute Gasteiger partial charge is 0.254 e. The van der Waals surface area contributed by atoms with Crippen LogP contribution in [0.2, 0.25) is 0 Å². The predicted molar refractivity (Wildman–Crippen MR) is 118 cm³/mol. The fourth-order valence-electron chi connectivity index (χ4n) is 3.03. The zero-order valence-electron chi connectivity index (χ0n) is 16.9. The third kappa shape index (κ3) is 5.02. The number of carbonyl (C=O) groups excluding carboxylic acids is 1. The third-order valence-electron chi connectivity index (χ3n) is 4.55. The van der Waals surface area contributed by atoms with Crippen LogP contribution in [-0.2, 0) is 11.3 Å². The number of aromatic nitrogens is 3. The van der Waals surface area contributed by atoms with E-state index in [1.54, 1.807) is 49.5 Å². The summed E-state index contributed by atoms with van der Waals surface area (Å²) in [6.07, 6.45) is 1.64. The fourth-order valence-corrected chi connectivity index (χ4v) is 3.03. The maximum absolute atomic E-state index is 12.5. The van der Waals surface area contributed by atoms with Crippen LogP contribution >= 0.6 is 0 Å². The van der Waals surface area contributed by atoms with Gasteiger partial charge in [0.2, 0.25) is 5.91 Å². The summed E-state index contributed by atoms with van der Waals surface area (Å²) in [5, 5.41) is 2.79. The molecule has 2 aromatic carbocycles. The first-order valence-electron chi connectivity index (χ1n) is 9.71. The molecule has 7 nitrogen and oxygen atoms in total. The van der Waals surface area contributed by atoms with Gasteiger partial charge in [-0.2, -0.15) is 0 Å². The molecule has 0 spiro atoms. The van der Waals surface area contributed by atoms with Gasteiger partial charge in [0.1, 0.15) is 23.9 Å². The number of nitrogens with one attached hydrogen (secondary N) is 1. The average Bonchev–Trinajstić information content (AvgIpc) is 2.79. The van der Waals surface area contributed by atoms with Crippen molar-refractivity contribution in [1.82, 2.24) is 14.5 Å². The lowest BCUT2D eigenvalue weighted by molar-refractivity contribution is -0.116. The van der Waals surface area contributed by atoms with Crippen LogP contribution in [0.4, 0.5) is 5.69 Å². The highest BCUT2D eigenvalue weighted by Crippen LogP contribution is 2.22. The molecule has 0 unspecified atom stereocenters. The van der Waals surface area contributed by atoms with Crippen molar-refractivity contribution < 1.29 is 9.53 Å². The van der Waals surface area contributed by atoms with Gasteiger partial charge in [-0.05, 0) is 55.5 Å². The summed E-state index contributed by atoms with van der Waals surface area (Å²) in [6, 6.07) is 23.2. The molecule has 0 aliphatic heterocycles. The molecule has 0 radical (unpaired) electrons. The number of anilines is 1. The molecule has 1 N–H and O–H groups in total. The Hall–Kier alpha value is -4.26. The highest BCUT2D eigenvalue weighted by molar-refractivity contribution is 5.90. The highest BCUT2D eigenvalue weighted by atomic mass is 16.5. The lowest BCUT2D eigenvalue weighted by atomic mass is 10.2. The standard InChI is InChI=1S/C24H20N4O3/c1-17-26-22(21-9-5-6-14-25-21)15-24(30)28(17)16-23(29)27-18-10-12-20(13-11-18)31-19-7-3-2-4-8-19/h2-15H,16H2,1H3,(H,27,29). The summed E-state index contributed by atoms with van der Waals surface area (Å²) in [6.45, 7) is 1.55. The van der Waals surface area contributed by atoms with Crippen molar-refractivity contribution in [2.75, 3.05) is 5.32 Å². The molecule has 2 heterocycles. The number of rotatable bonds is 6. The van der Waals surface area contributed by atoms with Crippen LogP contribution in [0.5, 0.6) is 11.5 Å². The zero-order valence-corrected chi connectivity index (χ0v) is 16.9. The van der Waals surface area contributed by atoms with Crippen LogP contribution < -0.4 is 15.6 Å². The minimum absolute atomic E-state index is 0.136. The van der Waals surface area contributed by atoms with Crippen LogP contribution in [0.1, 0.15) is 5.82 Å². The van der Waals surface area contributed by atoms with E-state index in [4.69, 9.17) is 4.74 Å². The summed E-state index contributed by atoms with van der Waals surface area (Å²) in [5.41, 5.74) is 1.38. The lowest BCUT2D eigenvalue weighted by Gasteiger charge is -2.11. The molecular weight excluding hydrogens is 392 g/mol. The highest BCUT2D eigenvalue weighted by Gasteiger charge is 2.11. The van der Waals surface area contributed by atoms with E-state index >= 15 is 0 Å². The van der Waals surface area contributed by atoms with Crippen LogP contribution in [0.3, 0.4) is 0 Å². The number of amides is 1. The van der Waals surface area contributed by atoms with Gasteiger partial charge in [-0.15, -0.1) is 0 Å². The second-order valence-corrected chi connectivity index (χ2v) is 6.82. The number of hydrogen-bond donors (Lipinski definition) is 1. The van der Waals surface area contributed by atoms with Gasteiger partial charge < -0.3 is 10.1 Å². The number of para-hydroxylation sites is 1. The van der Waals surface area contributed by atoms with Gasteiger partial charge in [0.15, 0.2) is 0 Å². The average molecular weight is 412 g/mol. The van der Waals surface area contributed by atoms with Crippen LogP contribution in [0.25, 0.3) is 11.4 Å². The van der Waals surface area contributed by atoms with Gasteiger partial charge in [-0.3, -0.25) is 19.1 Å².